The Morgan fingerprint density at radius 2 is 2.15 bits per heavy atom. The average molecular weight is 461 g/mol. The first-order chi connectivity index (χ1) is 16.5. The van der Waals surface area contributed by atoms with Crippen molar-refractivity contribution in [2.75, 3.05) is 6.54 Å². The number of nitrogens with zero attached hydrogens (tertiary/aromatic N) is 3. The molecule has 1 fully saturated rings. The highest BCUT2D eigenvalue weighted by Crippen LogP contribution is 2.34. The molecule has 4 N–H and O–H groups in total. The number of aromatic nitrogens is 4. The van der Waals surface area contributed by atoms with Crippen molar-refractivity contribution in [1.82, 2.24) is 30.4 Å². The fraction of sp³-hybridized carbons (Fsp3) is 0.320. The van der Waals surface area contributed by atoms with Crippen molar-refractivity contribution in [3.63, 3.8) is 0 Å². The first-order valence-corrected chi connectivity index (χ1v) is 11.6. The number of carbonyl (C=O) groups is 1. The Morgan fingerprint density at radius 1 is 1.26 bits per heavy atom. The van der Waals surface area contributed by atoms with Gasteiger partial charge in [0.2, 0.25) is 5.91 Å². The molecule has 4 aromatic rings. The van der Waals surface area contributed by atoms with Crippen molar-refractivity contribution in [3.05, 3.63) is 53.1 Å². The number of fused-ring (bicyclic) bond motifs is 2. The average Bonchev–Trinajstić information content (AvgIpc) is 3.62. The number of nitrogens with one attached hydrogen (secondary N) is 3. The number of benzene rings is 2. The van der Waals surface area contributed by atoms with Gasteiger partial charge in [-0.2, -0.15) is 5.10 Å². The van der Waals surface area contributed by atoms with Crippen molar-refractivity contribution >= 4 is 16.8 Å². The number of phenols is 1. The van der Waals surface area contributed by atoms with E-state index in [1.54, 1.807) is 0 Å². The van der Waals surface area contributed by atoms with Gasteiger partial charge < -0.3 is 20.3 Å². The summed E-state index contributed by atoms with van der Waals surface area (Å²) in [7, 11) is 0. The van der Waals surface area contributed by atoms with E-state index in [0.717, 1.165) is 58.4 Å². The topological polar surface area (TPSA) is 110 Å². The van der Waals surface area contributed by atoms with Crippen LogP contribution in [0.2, 0.25) is 0 Å². The molecule has 1 saturated heterocycles. The number of aromatic amines is 2. The quantitative estimate of drug-likeness (QED) is 0.372. The molecule has 2 aromatic heterocycles. The fourth-order valence-corrected chi connectivity index (χ4v) is 5.05. The van der Waals surface area contributed by atoms with Crippen LogP contribution < -0.4 is 5.32 Å². The van der Waals surface area contributed by atoms with Crippen LogP contribution in [0.25, 0.3) is 33.5 Å². The molecule has 1 amide bonds. The summed E-state index contributed by atoms with van der Waals surface area (Å²) in [6.45, 7) is 3.89. The van der Waals surface area contributed by atoms with Gasteiger partial charge in [0, 0.05) is 5.39 Å². The zero-order valence-electron chi connectivity index (χ0n) is 18.8. The minimum Gasteiger partial charge on any atom is -0.505 e. The predicted molar refractivity (Wildman–Crippen MR) is 125 cm³/mol. The maximum absolute atomic E-state index is 14.1. The maximum atomic E-state index is 14.1. The van der Waals surface area contributed by atoms with E-state index in [9.17, 15) is 14.3 Å². The summed E-state index contributed by atoms with van der Waals surface area (Å²) in [5.41, 5.74) is 5.79. The van der Waals surface area contributed by atoms with Gasteiger partial charge in [-0.05, 0) is 66.8 Å². The van der Waals surface area contributed by atoms with E-state index in [1.807, 2.05) is 30.0 Å². The van der Waals surface area contributed by atoms with Gasteiger partial charge in [-0.1, -0.05) is 13.0 Å². The second kappa shape index (κ2) is 7.95. The highest BCUT2D eigenvalue weighted by atomic mass is 19.1. The first-order valence-electron chi connectivity index (χ1n) is 11.6. The summed E-state index contributed by atoms with van der Waals surface area (Å²) in [5.74, 6) is -0.171. The van der Waals surface area contributed by atoms with E-state index in [1.165, 1.54) is 12.1 Å². The van der Waals surface area contributed by atoms with Crippen LogP contribution in [-0.4, -0.2) is 48.7 Å². The van der Waals surface area contributed by atoms with Crippen LogP contribution in [0, 0.1) is 5.82 Å². The van der Waals surface area contributed by atoms with Crippen molar-refractivity contribution in [3.8, 4) is 28.4 Å². The first kappa shape index (κ1) is 20.9. The van der Waals surface area contributed by atoms with Crippen molar-refractivity contribution in [2.24, 2.45) is 0 Å². The van der Waals surface area contributed by atoms with Gasteiger partial charge in [0.1, 0.15) is 5.69 Å². The van der Waals surface area contributed by atoms with Gasteiger partial charge >= 0.3 is 0 Å². The summed E-state index contributed by atoms with van der Waals surface area (Å²) in [4.78, 5) is 22.6. The van der Waals surface area contributed by atoms with Crippen LogP contribution in [-0.2, 0) is 24.3 Å². The number of phenolic OH excluding ortho intramolecular Hbond substituents is 1. The minimum atomic E-state index is -0.640. The number of aryl methyl sites for hydroxylation is 1. The molecule has 0 spiro atoms. The molecule has 0 radical (unpaired) electrons. The summed E-state index contributed by atoms with van der Waals surface area (Å²) in [6, 6.07) is 8.58. The second-order valence-corrected chi connectivity index (χ2v) is 9.00. The Bertz CT molecular complexity index is 1400. The number of carbonyl (C=O) groups excluding carboxylic acids is 1. The summed E-state index contributed by atoms with van der Waals surface area (Å²) in [6.07, 6.45) is 2.59. The molecule has 0 unspecified atom stereocenters. The summed E-state index contributed by atoms with van der Waals surface area (Å²) in [5, 5.41) is 21.4. The maximum Gasteiger partial charge on any atom is 0.240 e. The molecular formula is C25H25FN6O2. The van der Waals surface area contributed by atoms with Crippen LogP contribution in [0.3, 0.4) is 0 Å². The molecule has 2 aliphatic heterocycles. The third-order valence-corrected chi connectivity index (χ3v) is 6.88. The Labute approximate surface area is 195 Å². The van der Waals surface area contributed by atoms with E-state index in [2.05, 4.69) is 20.5 Å². The summed E-state index contributed by atoms with van der Waals surface area (Å²) < 4.78 is 14.1. The molecule has 2 aliphatic rings. The van der Waals surface area contributed by atoms with E-state index in [0.29, 0.717) is 31.0 Å². The van der Waals surface area contributed by atoms with E-state index in [-0.39, 0.29) is 17.7 Å². The number of hydrogen-bond acceptors (Lipinski definition) is 5. The van der Waals surface area contributed by atoms with Gasteiger partial charge in [0.25, 0.3) is 0 Å². The second-order valence-electron chi connectivity index (χ2n) is 9.00. The lowest BCUT2D eigenvalue weighted by atomic mass is 9.96. The lowest BCUT2D eigenvalue weighted by molar-refractivity contribution is -0.133. The molecule has 0 bridgehead atoms. The molecule has 174 valence electrons. The number of imidazole rings is 1. The Hall–Kier alpha value is -3.72. The van der Waals surface area contributed by atoms with Crippen molar-refractivity contribution in [1.29, 1.82) is 0 Å². The lowest BCUT2D eigenvalue weighted by Gasteiger charge is -2.19. The van der Waals surface area contributed by atoms with Crippen LogP contribution in [0.4, 0.5) is 4.39 Å². The van der Waals surface area contributed by atoms with Crippen LogP contribution >= 0.6 is 0 Å². The molecule has 9 heteroatoms. The Kier molecular flexibility index (Phi) is 4.88. The van der Waals surface area contributed by atoms with Gasteiger partial charge in [0.05, 0.1) is 36.0 Å². The molecular weight excluding hydrogens is 435 g/mol. The van der Waals surface area contributed by atoms with Gasteiger partial charge in [-0.3, -0.25) is 9.89 Å². The van der Waals surface area contributed by atoms with Gasteiger partial charge in [0.15, 0.2) is 17.4 Å². The number of hydrogen-bond donors (Lipinski definition) is 4. The lowest BCUT2D eigenvalue weighted by Crippen LogP contribution is -2.41. The molecule has 2 aromatic carbocycles. The zero-order chi connectivity index (χ0) is 23.4. The van der Waals surface area contributed by atoms with Crippen LogP contribution in [0.5, 0.6) is 5.75 Å². The predicted octanol–water partition coefficient (Wildman–Crippen LogP) is 3.62. The van der Waals surface area contributed by atoms with Crippen LogP contribution in [0.1, 0.15) is 36.7 Å². The standard InChI is InChI=1S/C25H25FN6O2/c1-2-13-9-22(33)17(26)10-16(13)14-5-6-15-19(8-14)30-31-23(15)24-28-20-11-32(12-21(20)29-24)25(34)18-4-3-7-27-18/h5-6,8-10,18,27,33H,2-4,7,11-12H2,1H3,(H,28,29)(H,30,31)/t18-/m1/s1. The zero-order valence-corrected chi connectivity index (χ0v) is 18.8. The van der Waals surface area contributed by atoms with Gasteiger partial charge in [-0.15, -0.1) is 0 Å². The third-order valence-electron chi connectivity index (χ3n) is 6.88. The Balaban J connectivity index is 1.28. The van der Waals surface area contributed by atoms with E-state index >= 15 is 0 Å². The molecule has 8 nitrogen and oxygen atoms in total. The largest absolute Gasteiger partial charge is 0.505 e. The molecule has 4 heterocycles. The highest BCUT2D eigenvalue weighted by molar-refractivity contribution is 5.94. The van der Waals surface area contributed by atoms with Crippen LogP contribution in [0.15, 0.2) is 30.3 Å². The Morgan fingerprint density at radius 3 is 2.91 bits per heavy atom. The SMILES string of the molecule is CCc1cc(O)c(F)cc1-c1ccc2c(-c3nc4c([nH]3)CN(C(=O)[C@H]3CCCN3)C4)n[nH]c2c1. The minimum absolute atomic E-state index is 0.0803. The van der Waals surface area contributed by atoms with Crippen molar-refractivity contribution < 1.29 is 14.3 Å². The van der Waals surface area contributed by atoms with Gasteiger partial charge in [-0.25, -0.2) is 9.37 Å². The highest BCUT2D eigenvalue weighted by Gasteiger charge is 2.33. The normalized spacial score (nSPS) is 17.6. The molecule has 0 aliphatic carbocycles. The number of amides is 1. The fourth-order valence-electron chi connectivity index (χ4n) is 5.05. The van der Waals surface area contributed by atoms with E-state index < -0.39 is 5.82 Å². The molecule has 1 atom stereocenters. The molecule has 34 heavy (non-hydrogen) atoms. The van der Waals surface area contributed by atoms with E-state index in [4.69, 9.17) is 4.98 Å². The monoisotopic (exact) mass is 460 g/mol. The molecule has 0 saturated carbocycles. The number of rotatable bonds is 4. The smallest absolute Gasteiger partial charge is 0.240 e. The third kappa shape index (κ3) is 3.35. The molecule has 6 rings (SSSR count). The number of halogens is 1. The summed E-state index contributed by atoms with van der Waals surface area (Å²) >= 11 is 0. The number of H-pyrrole nitrogens is 2. The number of aromatic hydroxyl groups is 1. The van der Waals surface area contributed by atoms with Crippen molar-refractivity contribution in [2.45, 2.75) is 45.3 Å².